The lowest BCUT2D eigenvalue weighted by Crippen LogP contribution is -3.14. The second-order valence-electron chi connectivity index (χ2n) is 5.68. The van der Waals surface area contributed by atoms with Crippen molar-refractivity contribution in [1.82, 2.24) is 0 Å². The summed E-state index contributed by atoms with van der Waals surface area (Å²) in [5.74, 6) is 0.938. The van der Waals surface area contributed by atoms with Gasteiger partial charge in [0.05, 0.1) is 26.4 Å². The molecule has 122 valence electrons. The van der Waals surface area contributed by atoms with E-state index in [0.29, 0.717) is 13.2 Å². The summed E-state index contributed by atoms with van der Waals surface area (Å²) in [5.41, 5.74) is 2.43. The van der Waals surface area contributed by atoms with Gasteiger partial charge in [0.1, 0.15) is 32.0 Å². The van der Waals surface area contributed by atoms with Gasteiger partial charge in [-0.2, -0.15) is 0 Å². The molecule has 0 spiro atoms. The molecule has 4 heteroatoms. The van der Waals surface area contributed by atoms with Crippen molar-refractivity contribution in [1.29, 1.82) is 0 Å². The molecule has 0 aromatic heterocycles. The molecule has 1 aromatic carbocycles. The maximum atomic E-state index is 5.84. The molecule has 0 atom stereocenters. The van der Waals surface area contributed by atoms with Crippen LogP contribution in [0.3, 0.4) is 0 Å². The highest BCUT2D eigenvalue weighted by Crippen LogP contribution is 2.20. The average molecular weight is 306 g/mol. The first-order chi connectivity index (χ1) is 10.8. The highest BCUT2D eigenvalue weighted by atomic mass is 16.5. The number of aryl methyl sites for hydroxylation is 1. The normalized spacial score (nSPS) is 15.7. The van der Waals surface area contributed by atoms with Crippen molar-refractivity contribution in [2.75, 3.05) is 52.7 Å². The van der Waals surface area contributed by atoms with Gasteiger partial charge in [-0.15, -0.1) is 6.58 Å². The zero-order chi connectivity index (χ0) is 15.6. The topological polar surface area (TPSA) is 32.1 Å². The molecule has 0 radical (unpaired) electrons. The molecule has 2 rings (SSSR count). The van der Waals surface area contributed by atoms with Crippen LogP contribution < -0.4 is 9.64 Å². The molecule has 0 bridgehead atoms. The van der Waals surface area contributed by atoms with Crippen molar-refractivity contribution in [2.24, 2.45) is 0 Å². The summed E-state index contributed by atoms with van der Waals surface area (Å²) in [6.07, 6.45) is 2.74. The van der Waals surface area contributed by atoms with Crippen LogP contribution in [0, 0.1) is 6.92 Å². The van der Waals surface area contributed by atoms with Crippen molar-refractivity contribution >= 4 is 0 Å². The SMILES string of the molecule is C=CCc1cc(C)ccc1OCCOCC[NH+]1CCOCC1. The van der Waals surface area contributed by atoms with E-state index >= 15 is 0 Å². The van der Waals surface area contributed by atoms with Gasteiger partial charge < -0.3 is 19.1 Å². The number of morpholine rings is 1. The van der Waals surface area contributed by atoms with Gasteiger partial charge in [-0.3, -0.25) is 0 Å². The van der Waals surface area contributed by atoms with E-state index in [2.05, 4.69) is 25.6 Å². The molecule has 0 amide bonds. The zero-order valence-corrected chi connectivity index (χ0v) is 13.6. The van der Waals surface area contributed by atoms with Crippen LogP contribution in [-0.4, -0.2) is 52.7 Å². The van der Waals surface area contributed by atoms with Crippen LogP contribution in [0.5, 0.6) is 5.75 Å². The Labute approximate surface area is 133 Å². The summed E-state index contributed by atoms with van der Waals surface area (Å²) in [6.45, 7) is 12.9. The Hall–Kier alpha value is -1.36. The van der Waals surface area contributed by atoms with Crippen LogP contribution in [0.2, 0.25) is 0 Å². The van der Waals surface area contributed by atoms with Crippen molar-refractivity contribution in [3.8, 4) is 5.75 Å². The smallest absolute Gasteiger partial charge is 0.122 e. The summed E-state index contributed by atoms with van der Waals surface area (Å²) < 4.78 is 16.9. The molecule has 4 nitrogen and oxygen atoms in total. The lowest BCUT2D eigenvalue weighted by atomic mass is 10.1. The summed E-state index contributed by atoms with van der Waals surface area (Å²) in [6, 6.07) is 6.26. The lowest BCUT2D eigenvalue weighted by Gasteiger charge is -2.23. The van der Waals surface area contributed by atoms with Crippen LogP contribution in [0.15, 0.2) is 30.9 Å². The van der Waals surface area contributed by atoms with Gasteiger partial charge in [0, 0.05) is 0 Å². The molecule has 1 aliphatic rings. The van der Waals surface area contributed by atoms with Gasteiger partial charge in [0.2, 0.25) is 0 Å². The Kier molecular flexibility index (Phi) is 7.43. The van der Waals surface area contributed by atoms with Gasteiger partial charge in [-0.25, -0.2) is 0 Å². The predicted octanol–water partition coefficient (Wildman–Crippen LogP) is 1.03. The third kappa shape index (κ3) is 5.79. The molecule has 1 aromatic rings. The van der Waals surface area contributed by atoms with E-state index in [-0.39, 0.29) is 0 Å². The van der Waals surface area contributed by atoms with E-state index in [9.17, 15) is 0 Å². The maximum absolute atomic E-state index is 5.84. The fourth-order valence-corrected chi connectivity index (χ4v) is 2.60. The van der Waals surface area contributed by atoms with E-state index in [0.717, 1.165) is 51.6 Å². The first kappa shape index (κ1) is 17.0. The minimum atomic E-state index is 0.589. The summed E-state index contributed by atoms with van der Waals surface area (Å²) >= 11 is 0. The second kappa shape index (κ2) is 9.62. The van der Waals surface area contributed by atoms with Crippen LogP contribution in [0.1, 0.15) is 11.1 Å². The Morgan fingerprint density at radius 3 is 2.82 bits per heavy atom. The molecular formula is C18H28NO3+. The fourth-order valence-electron chi connectivity index (χ4n) is 2.60. The van der Waals surface area contributed by atoms with E-state index < -0.39 is 0 Å². The van der Waals surface area contributed by atoms with Gasteiger partial charge in [0.25, 0.3) is 0 Å². The molecule has 22 heavy (non-hydrogen) atoms. The number of quaternary nitrogens is 1. The summed E-state index contributed by atoms with van der Waals surface area (Å²) in [4.78, 5) is 1.57. The highest BCUT2D eigenvalue weighted by molar-refractivity contribution is 5.38. The van der Waals surface area contributed by atoms with E-state index in [1.54, 1.807) is 4.90 Å². The van der Waals surface area contributed by atoms with Crippen molar-refractivity contribution in [3.63, 3.8) is 0 Å². The maximum Gasteiger partial charge on any atom is 0.122 e. The van der Waals surface area contributed by atoms with Crippen LogP contribution in [0.25, 0.3) is 0 Å². The third-order valence-electron chi connectivity index (χ3n) is 3.87. The van der Waals surface area contributed by atoms with Crippen LogP contribution in [-0.2, 0) is 15.9 Å². The molecule has 1 aliphatic heterocycles. The van der Waals surface area contributed by atoms with Crippen molar-refractivity contribution < 1.29 is 19.1 Å². The number of hydrogen-bond acceptors (Lipinski definition) is 3. The first-order valence-electron chi connectivity index (χ1n) is 8.12. The Morgan fingerprint density at radius 2 is 2.05 bits per heavy atom. The largest absolute Gasteiger partial charge is 0.491 e. The quantitative estimate of drug-likeness (QED) is 0.546. The monoisotopic (exact) mass is 306 g/mol. The van der Waals surface area contributed by atoms with E-state index in [1.165, 1.54) is 11.1 Å². The third-order valence-corrected chi connectivity index (χ3v) is 3.87. The molecule has 1 saturated heterocycles. The number of hydrogen-bond donors (Lipinski definition) is 1. The Morgan fingerprint density at radius 1 is 1.23 bits per heavy atom. The highest BCUT2D eigenvalue weighted by Gasteiger charge is 2.12. The van der Waals surface area contributed by atoms with Gasteiger partial charge in [0.15, 0.2) is 0 Å². The number of benzene rings is 1. The molecule has 0 saturated carbocycles. The van der Waals surface area contributed by atoms with Gasteiger partial charge >= 0.3 is 0 Å². The zero-order valence-electron chi connectivity index (χ0n) is 13.6. The molecule has 1 heterocycles. The van der Waals surface area contributed by atoms with E-state index in [1.807, 2.05) is 12.1 Å². The van der Waals surface area contributed by atoms with Crippen LogP contribution in [0.4, 0.5) is 0 Å². The standard InChI is InChI=1S/C18H27NO3/c1-3-4-17-15-16(2)5-6-18(17)22-14-13-21-12-9-19-7-10-20-11-8-19/h3,5-6,15H,1,4,7-14H2,2H3/p+1. The molecule has 1 fully saturated rings. The second-order valence-corrected chi connectivity index (χ2v) is 5.68. The lowest BCUT2D eigenvalue weighted by molar-refractivity contribution is -0.908. The summed E-state index contributed by atoms with van der Waals surface area (Å²) in [5, 5.41) is 0. The number of nitrogens with one attached hydrogen (secondary N) is 1. The molecule has 0 aliphatic carbocycles. The van der Waals surface area contributed by atoms with Crippen LogP contribution >= 0.6 is 0 Å². The average Bonchev–Trinajstić information content (AvgIpc) is 2.54. The Balaban J connectivity index is 1.62. The van der Waals surface area contributed by atoms with Gasteiger partial charge in [-0.1, -0.05) is 23.8 Å². The fraction of sp³-hybridized carbons (Fsp3) is 0.556. The van der Waals surface area contributed by atoms with Crippen molar-refractivity contribution in [3.05, 3.63) is 42.0 Å². The van der Waals surface area contributed by atoms with E-state index in [4.69, 9.17) is 14.2 Å². The minimum absolute atomic E-state index is 0.589. The van der Waals surface area contributed by atoms with Gasteiger partial charge in [-0.05, 0) is 25.0 Å². The van der Waals surface area contributed by atoms with Crippen molar-refractivity contribution in [2.45, 2.75) is 13.3 Å². The predicted molar refractivity (Wildman–Crippen MR) is 87.8 cm³/mol. The minimum Gasteiger partial charge on any atom is -0.491 e. The molecular weight excluding hydrogens is 278 g/mol. The number of ether oxygens (including phenoxy) is 3. The number of rotatable bonds is 9. The first-order valence-corrected chi connectivity index (χ1v) is 8.12. The Bertz CT molecular complexity index is 456. The molecule has 1 N–H and O–H groups in total. The number of allylic oxidation sites excluding steroid dienone is 1. The molecule has 0 unspecified atom stereocenters. The summed E-state index contributed by atoms with van der Waals surface area (Å²) in [7, 11) is 0.